The van der Waals surface area contributed by atoms with Gasteiger partial charge in [-0.1, -0.05) is 20.3 Å². The van der Waals surface area contributed by atoms with Crippen LogP contribution in [0.2, 0.25) is 0 Å². The Balaban J connectivity index is 1.59. The summed E-state index contributed by atoms with van der Waals surface area (Å²) in [6.45, 7) is 5.63. The van der Waals surface area contributed by atoms with Crippen LogP contribution in [-0.4, -0.2) is 74.5 Å². The van der Waals surface area contributed by atoms with E-state index in [0.717, 1.165) is 18.4 Å². The monoisotopic (exact) mass is 448 g/mol. The molecule has 31 heavy (non-hydrogen) atoms. The molecule has 1 saturated heterocycles. The number of ether oxygens (including phenoxy) is 1. The smallest absolute Gasteiger partial charge is 0.244 e. The van der Waals surface area contributed by atoms with Crippen LogP contribution in [0.25, 0.3) is 16.9 Å². The van der Waals surface area contributed by atoms with E-state index < -0.39 is 10.0 Å². The molecule has 1 aliphatic heterocycles. The molecule has 2 N–H and O–H groups in total. The molecule has 3 aromatic heterocycles. The molecule has 3 aromatic rings. The summed E-state index contributed by atoms with van der Waals surface area (Å²) >= 11 is 0. The molecule has 11 nitrogen and oxygen atoms in total. The normalized spacial score (nSPS) is 20.2. The molecule has 168 valence electrons. The van der Waals surface area contributed by atoms with Crippen molar-refractivity contribution in [1.82, 2.24) is 34.1 Å². The largest absolute Gasteiger partial charge is 0.476 e. The number of hydrogen-bond donors (Lipinski definition) is 2. The van der Waals surface area contributed by atoms with E-state index in [1.54, 1.807) is 23.1 Å². The standard InChI is InChI=1S/C19H28N8O3S/c1-4-5-8-30-18-17(14-9-21-22-10-14)20-11-16-24-19(25-27(16)18)23-15-6-7-26(12-13(15)2)31(3,28)29/h9-11,13,15H,4-8,12H2,1-3H3,(H,21,22)(H,23,25)/t13-,15+/m1/s1. The number of unbranched alkanes of at least 4 members (excludes halogenated alkanes) is 1. The van der Waals surface area contributed by atoms with E-state index >= 15 is 0 Å². The lowest BCUT2D eigenvalue weighted by atomic mass is 9.95. The summed E-state index contributed by atoms with van der Waals surface area (Å²) in [6.07, 6.45) is 8.96. The number of aromatic amines is 1. The van der Waals surface area contributed by atoms with E-state index in [4.69, 9.17) is 4.74 Å². The molecule has 0 aromatic carbocycles. The Morgan fingerprint density at radius 3 is 2.87 bits per heavy atom. The first-order valence-electron chi connectivity index (χ1n) is 10.5. The van der Waals surface area contributed by atoms with Gasteiger partial charge in [0.15, 0.2) is 5.65 Å². The molecular weight excluding hydrogens is 420 g/mol. The maximum atomic E-state index is 11.8. The number of anilines is 1. The van der Waals surface area contributed by atoms with Crippen molar-refractivity contribution in [2.45, 2.75) is 39.2 Å². The van der Waals surface area contributed by atoms with Gasteiger partial charge in [-0.05, 0) is 18.8 Å². The fourth-order valence-electron chi connectivity index (χ4n) is 3.71. The van der Waals surface area contributed by atoms with Crippen molar-refractivity contribution >= 4 is 21.6 Å². The average Bonchev–Trinajstić information content (AvgIpc) is 3.38. The Bertz CT molecular complexity index is 1130. The van der Waals surface area contributed by atoms with Crippen molar-refractivity contribution in [2.24, 2.45) is 5.92 Å². The molecule has 0 spiro atoms. The first-order valence-corrected chi connectivity index (χ1v) is 12.3. The van der Waals surface area contributed by atoms with Gasteiger partial charge in [0.1, 0.15) is 5.69 Å². The molecule has 4 heterocycles. The van der Waals surface area contributed by atoms with Crippen molar-refractivity contribution in [3.63, 3.8) is 0 Å². The molecule has 0 aliphatic carbocycles. The molecule has 0 unspecified atom stereocenters. The van der Waals surface area contributed by atoms with Gasteiger partial charge in [-0.2, -0.15) is 14.6 Å². The lowest BCUT2D eigenvalue weighted by Crippen LogP contribution is -2.47. The van der Waals surface area contributed by atoms with Gasteiger partial charge in [-0.3, -0.25) is 5.10 Å². The fraction of sp³-hybridized carbons (Fsp3) is 0.579. The summed E-state index contributed by atoms with van der Waals surface area (Å²) in [7, 11) is -3.18. The number of sulfonamides is 1. The second-order valence-corrected chi connectivity index (χ2v) is 9.93. The molecule has 0 amide bonds. The third-order valence-corrected chi connectivity index (χ3v) is 6.77. The highest BCUT2D eigenvalue weighted by Gasteiger charge is 2.31. The van der Waals surface area contributed by atoms with Gasteiger partial charge in [-0.15, -0.1) is 5.10 Å². The van der Waals surface area contributed by atoms with Crippen molar-refractivity contribution in [2.75, 3.05) is 31.3 Å². The van der Waals surface area contributed by atoms with Crippen LogP contribution < -0.4 is 10.1 Å². The average molecular weight is 449 g/mol. The van der Waals surface area contributed by atoms with Gasteiger partial charge < -0.3 is 10.1 Å². The second-order valence-electron chi connectivity index (χ2n) is 7.94. The minimum Gasteiger partial charge on any atom is -0.476 e. The summed E-state index contributed by atoms with van der Waals surface area (Å²) in [5.74, 6) is 1.11. The zero-order valence-corrected chi connectivity index (χ0v) is 18.8. The predicted octanol–water partition coefficient (Wildman–Crippen LogP) is 1.78. The Morgan fingerprint density at radius 1 is 1.35 bits per heavy atom. The number of nitrogens with zero attached hydrogens (tertiary/aromatic N) is 6. The number of piperidine rings is 1. The molecule has 1 fully saturated rings. The van der Waals surface area contributed by atoms with Crippen molar-refractivity contribution < 1.29 is 13.2 Å². The molecule has 0 bridgehead atoms. The number of H-pyrrole nitrogens is 1. The van der Waals surface area contributed by atoms with Crippen LogP contribution in [0.15, 0.2) is 18.6 Å². The minimum atomic E-state index is -3.18. The van der Waals surface area contributed by atoms with Crippen molar-refractivity contribution in [3.8, 4) is 17.1 Å². The van der Waals surface area contributed by atoms with Crippen LogP contribution in [0, 0.1) is 5.92 Å². The summed E-state index contributed by atoms with van der Waals surface area (Å²) in [5, 5.41) is 14.8. The topological polar surface area (TPSA) is 130 Å². The molecule has 4 rings (SSSR count). The zero-order valence-electron chi connectivity index (χ0n) is 17.9. The van der Waals surface area contributed by atoms with Crippen LogP contribution in [0.3, 0.4) is 0 Å². The Morgan fingerprint density at radius 2 is 2.19 bits per heavy atom. The molecule has 2 atom stereocenters. The summed E-state index contributed by atoms with van der Waals surface area (Å²) in [4.78, 5) is 9.09. The third kappa shape index (κ3) is 4.64. The third-order valence-electron chi connectivity index (χ3n) is 5.50. The van der Waals surface area contributed by atoms with E-state index in [2.05, 4.69) is 37.5 Å². The fourth-order valence-corrected chi connectivity index (χ4v) is 4.65. The number of rotatable bonds is 8. The summed E-state index contributed by atoms with van der Waals surface area (Å²) in [5.41, 5.74) is 2.02. The first-order chi connectivity index (χ1) is 14.9. The van der Waals surface area contributed by atoms with Crippen LogP contribution in [0.1, 0.15) is 33.1 Å². The number of fused-ring (bicyclic) bond motifs is 1. The minimum absolute atomic E-state index is 0.0705. The lowest BCUT2D eigenvalue weighted by molar-refractivity contribution is 0.262. The highest BCUT2D eigenvalue weighted by atomic mass is 32.2. The van der Waals surface area contributed by atoms with Crippen molar-refractivity contribution in [3.05, 3.63) is 18.6 Å². The van der Waals surface area contributed by atoms with Gasteiger partial charge >= 0.3 is 0 Å². The Hall–Kier alpha value is -2.73. The SMILES string of the molecule is CCCCOc1c(-c2cn[nH]c2)ncc2nc(N[C@H]3CCN(S(C)(=O)=O)C[C@H]3C)nn12. The van der Waals surface area contributed by atoms with E-state index in [-0.39, 0.29) is 12.0 Å². The van der Waals surface area contributed by atoms with Crippen LogP contribution in [0.5, 0.6) is 5.88 Å². The zero-order chi connectivity index (χ0) is 22.0. The van der Waals surface area contributed by atoms with Crippen LogP contribution in [0.4, 0.5) is 5.95 Å². The molecule has 1 aliphatic rings. The van der Waals surface area contributed by atoms with Gasteiger partial charge in [-0.25, -0.2) is 17.7 Å². The van der Waals surface area contributed by atoms with Crippen LogP contribution in [-0.2, 0) is 10.0 Å². The van der Waals surface area contributed by atoms with Crippen molar-refractivity contribution in [1.29, 1.82) is 0 Å². The van der Waals surface area contributed by atoms with Crippen LogP contribution >= 0.6 is 0 Å². The maximum Gasteiger partial charge on any atom is 0.244 e. The van der Waals surface area contributed by atoms with Gasteiger partial charge in [0.05, 0.1) is 25.3 Å². The number of nitrogens with one attached hydrogen (secondary N) is 2. The highest BCUT2D eigenvalue weighted by Crippen LogP contribution is 2.29. The highest BCUT2D eigenvalue weighted by molar-refractivity contribution is 7.88. The molecule has 12 heteroatoms. The number of aromatic nitrogens is 6. The predicted molar refractivity (Wildman–Crippen MR) is 116 cm³/mol. The quantitative estimate of drug-likeness (QED) is 0.499. The first kappa shape index (κ1) is 21.5. The van der Waals surface area contributed by atoms with E-state index in [0.29, 0.717) is 49.3 Å². The van der Waals surface area contributed by atoms with E-state index in [1.165, 1.54) is 10.6 Å². The molecule has 0 radical (unpaired) electrons. The molecule has 0 saturated carbocycles. The Labute approximate surface area is 181 Å². The lowest BCUT2D eigenvalue weighted by Gasteiger charge is -2.35. The second kappa shape index (κ2) is 8.79. The Kier molecular flexibility index (Phi) is 6.10. The summed E-state index contributed by atoms with van der Waals surface area (Å²) in [6, 6.07) is 0.0705. The van der Waals surface area contributed by atoms with E-state index in [9.17, 15) is 8.42 Å². The summed E-state index contributed by atoms with van der Waals surface area (Å²) < 4.78 is 32.9. The van der Waals surface area contributed by atoms with Gasteiger partial charge in [0, 0.05) is 30.9 Å². The van der Waals surface area contributed by atoms with Gasteiger partial charge in [0.2, 0.25) is 21.9 Å². The molecular formula is C19H28N8O3S. The van der Waals surface area contributed by atoms with Gasteiger partial charge in [0.25, 0.3) is 0 Å². The number of hydrogen-bond acceptors (Lipinski definition) is 8. The van der Waals surface area contributed by atoms with E-state index in [1.807, 2.05) is 6.92 Å². The maximum absolute atomic E-state index is 11.8.